The zero-order valence-electron chi connectivity index (χ0n) is 25.6. The van der Waals surface area contributed by atoms with Crippen molar-refractivity contribution in [3.63, 3.8) is 0 Å². The van der Waals surface area contributed by atoms with Crippen LogP contribution < -0.4 is 10.6 Å². The fourth-order valence-corrected chi connectivity index (χ4v) is 5.58. The van der Waals surface area contributed by atoms with Gasteiger partial charge in [0.2, 0.25) is 5.89 Å². The topological polar surface area (TPSA) is 121 Å². The van der Waals surface area contributed by atoms with Gasteiger partial charge in [-0.25, -0.2) is 4.98 Å². The van der Waals surface area contributed by atoms with Crippen molar-refractivity contribution in [2.45, 2.75) is 70.7 Å². The van der Waals surface area contributed by atoms with Crippen molar-refractivity contribution in [3.8, 4) is 0 Å². The molecule has 4 aromatic rings. The van der Waals surface area contributed by atoms with Crippen LogP contribution in [0.1, 0.15) is 87.6 Å². The summed E-state index contributed by atoms with van der Waals surface area (Å²) < 4.78 is 5.61. The second kappa shape index (κ2) is 14.4. The molecule has 3 atom stereocenters. The Labute approximate surface area is 258 Å². The number of oxazole rings is 1. The van der Waals surface area contributed by atoms with E-state index in [0.29, 0.717) is 42.4 Å². The zero-order chi connectivity index (χ0) is 31.1. The fraction of sp³-hybridized carbons (Fsp3) is 0.371. The molecule has 0 radical (unpaired) electrons. The van der Waals surface area contributed by atoms with Crippen LogP contribution in [0.5, 0.6) is 0 Å². The molecule has 0 saturated carbocycles. The molecule has 2 aromatic heterocycles. The standard InChI is InChI=1S/C35H41N5O4/c1-23(2)29-15-26(18-36-20-29)19-37-21-32(41)30(16-25-9-5-4-6-10-25)39-33(42)27-11-7-12-28(17-27)35(43)40-14-8-13-31(40)34-38-24(3)22-44-34/h4-7,9-12,15,17-18,20,22-23,30-32,37,41H,8,13-14,16,19,21H2,1-3H3,(H,39,42)/t30-,31?,32+/m0/s1. The normalized spacial score (nSPS) is 16.2. The number of rotatable bonds is 12. The van der Waals surface area contributed by atoms with Crippen LogP contribution in [0.4, 0.5) is 0 Å². The van der Waals surface area contributed by atoms with Crippen molar-refractivity contribution in [2.24, 2.45) is 0 Å². The number of carbonyl (C=O) groups excluding carboxylic acids is 2. The van der Waals surface area contributed by atoms with Gasteiger partial charge in [-0.15, -0.1) is 0 Å². The maximum absolute atomic E-state index is 13.5. The summed E-state index contributed by atoms with van der Waals surface area (Å²) in [6.07, 6.45) is 6.50. The monoisotopic (exact) mass is 595 g/mol. The summed E-state index contributed by atoms with van der Waals surface area (Å²) in [7, 11) is 0. The van der Waals surface area contributed by atoms with Crippen molar-refractivity contribution in [2.75, 3.05) is 13.1 Å². The zero-order valence-corrected chi connectivity index (χ0v) is 25.6. The van der Waals surface area contributed by atoms with Crippen molar-refractivity contribution in [1.29, 1.82) is 0 Å². The van der Waals surface area contributed by atoms with Crippen molar-refractivity contribution in [3.05, 3.63) is 119 Å². The molecule has 230 valence electrons. The van der Waals surface area contributed by atoms with Crippen LogP contribution in [0.25, 0.3) is 0 Å². The van der Waals surface area contributed by atoms with E-state index < -0.39 is 12.1 Å². The van der Waals surface area contributed by atoms with Gasteiger partial charge >= 0.3 is 0 Å². The largest absolute Gasteiger partial charge is 0.446 e. The van der Waals surface area contributed by atoms with Gasteiger partial charge in [-0.05, 0) is 67.0 Å². The lowest BCUT2D eigenvalue weighted by molar-refractivity contribution is 0.0715. The lowest BCUT2D eigenvalue weighted by atomic mass is 10.00. The highest BCUT2D eigenvalue weighted by molar-refractivity contribution is 6.00. The summed E-state index contributed by atoms with van der Waals surface area (Å²) in [6, 6.07) is 17.8. The second-order valence-corrected chi connectivity index (χ2v) is 11.8. The van der Waals surface area contributed by atoms with Crippen molar-refractivity contribution < 1.29 is 19.1 Å². The predicted octanol–water partition coefficient (Wildman–Crippen LogP) is 4.97. The number of carbonyl (C=O) groups is 2. The number of amides is 2. The average Bonchev–Trinajstić information content (AvgIpc) is 3.70. The summed E-state index contributed by atoms with van der Waals surface area (Å²) in [5.41, 5.74) is 4.74. The van der Waals surface area contributed by atoms with E-state index in [-0.39, 0.29) is 24.4 Å². The number of hydrogen-bond donors (Lipinski definition) is 3. The Morgan fingerprint density at radius 1 is 1.05 bits per heavy atom. The number of aryl methyl sites for hydroxylation is 1. The number of aliphatic hydroxyl groups is 1. The first-order valence-electron chi connectivity index (χ1n) is 15.3. The van der Waals surface area contributed by atoms with E-state index in [0.717, 1.165) is 35.2 Å². The minimum absolute atomic E-state index is 0.168. The van der Waals surface area contributed by atoms with Crippen LogP contribution in [0.3, 0.4) is 0 Å². The first kappa shape index (κ1) is 31.1. The molecule has 1 aliphatic heterocycles. The number of nitrogens with zero attached hydrogens (tertiary/aromatic N) is 3. The van der Waals surface area contributed by atoms with Gasteiger partial charge in [0, 0.05) is 43.2 Å². The molecule has 0 bridgehead atoms. The summed E-state index contributed by atoms with van der Waals surface area (Å²) in [4.78, 5) is 37.6. The maximum atomic E-state index is 13.5. The smallest absolute Gasteiger partial charge is 0.254 e. The van der Waals surface area contributed by atoms with Gasteiger partial charge in [0.15, 0.2) is 0 Å². The average molecular weight is 596 g/mol. The quantitative estimate of drug-likeness (QED) is 0.212. The van der Waals surface area contributed by atoms with Gasteiger partial charge in [-0.2, -0.15) is 0 Å². The Morgan fingerprint density at radius 2 is 1.84 bits per heavy atom. The first-order valence-corrected chi connectivity index (χ1v) is 15.3. The van der Waals surface area contributed by atoms with Crippen LogP contribution in [0.15, 0.2) is 83.7 Å². The van der Waals surface area contributed by atoms with E-state index in [9.17, 15) is 14.7 Å². The van der Waals surface area contributed by atoms with Crippen LogP contribution in [0, 0.1) is 6.92 Å². The van der Waals surface area contributed by atoms with E-state index >= 15 is 0 Å². The molecular weight excluding hydrogens is 554 g/mol. The molecule has 0 spiro atoms. The lowest BCUT2D eigenvalue weighted by Gasteiger charge is -2.25. The molecule has 9 heteroatoms. The Balaban J connectivity index is 1.26. The van der Waals surface area contributed by atoms with Gasteiger partial charge in [-0.3, -0.25) is 14.6 Å². The van der Waals surface area contributed by atoms with Gasteiger partial charge in [0.1, 0.15) is 12.3 Å². The fourth-order valence-electron chi connectivity index (χ4n) is 5.58. The number of hydrogen-bond acceptors (Lipinski definition) is 7. The molecule has 1 unspecified atom stereocenters. The van der Waals surface area contributed by atoms with E-state index in [1.165, 1.54) is 0 Å². The number of nitrogens with one attached hydrogen (secondary N) is 2. The van der Waals surface area contributed by atoms with Gasteiger partial charge in [0.05, 0.1) is 17.8 Å². The summed E-state index contributed by atoms with van der Waals surface area (Å²) in [5, 5.41) is 17.6. The molecule has 5 rings (SSSR count). The second-order valence-electron chi connectivity index (χ2n) is 11.8. The molecule has 1 fully saturated rings. The molecule has 9 nitrogen and oxygen atoms in total. The molecule has 2 aromatic carbocycles. The number of aromatic nitrogens is 2. The van der Waals surface area contributed by atoms with Crippen molar-refractivity contribution in [1.82, 2.24) is 25.5 Å². The van der Waals surface area contributed by atoms with Crippen LogP contribution >= 0.6 is 0 Å². The molecule has 3 heterocycles. The van der Waals surface area contributed by atoms with Crippen LogP contribution in [-0.2, 0) is 13.0 Å². The molecule has 1 saturated heterocycles. The predicted molar refractivity (Wildman–Crippen MR) is 168 cm³/mol. The van der Waals surface area contributed by atoms with E-state index in [2.05, 4.69) is 40.5 Å². The number of likely N-dealkylation sites (tertiary alicyclic amines) is 1. The third-order valence-corrected chi connectivity index (χ3v) is 8.05. The summed E-state index contributed by atoms with van der Waals surface area (Å²) in [5.74, 6) is 0.396. The van der Waals surface area contributed by atoms with Crippen LogP contribution in [0.2, 0.25) is 0 Å². The maximum Gasteiger partial charge on any atom is 0.254 e. The summed E-state index contributed by atoms with van der Waals surface area (Å²) >= 11 is 0. The minimum Gasteiger partial charge on any atom is -0.446 e. The van der Waals surface area contributed by atoms with Gasteiger partial charge in [-0.1, -0.05) is 56.3 Å². The number of aliphatic hydroxyl groups excluding tert-OH is 1. The number of benzene rings is 2. The SMILES string of the molecule is Cc1coc(C2CCCN2C(=O)c2cccc(C(=O)N[C@@H](Cc3ccccc3)[C@H](O)CNCc3cncc(C(C)C)c3)c2)n1. The molecule has 3 N–H and O–H groups in total. The highest BCUT2D eigenvalue weighted by Crippen LogP contribution is 2.32. The van der Waals surface area contributed by atoms with E-state index in [1.807, 2.05) is 49.6 Å². The third-order valence-electron chi connectivity index (χ3n) is 8.05. The Kier molecular flexibility index (Phi) is 10.2. The molecule has 0 aliphatic carbocycles. The highest BCUT2D eigenvalue weighted by Gasteiger charge is 2.34. The highest BCUT2D eigenvalue weighted by atomic mass is 16.3. The Bertz CT molecular complexity index is 1550. The first-order chi connectivity index (χ1) is 21.3. The van der Waals surface area contributed by atoms with Crippen LogP contribution in [-0.4, -0.2) is 57.0 Å². The molecular formula is C35H41N5O4. The van der Waals surface area contributed by atoms with E-state index in [1.54, 1.807) is 35.4 Å². The van der Waals surface area contributed by atoms with E-state index in [4.69, 9.17) is 4.42 Å². The third kappa shape index (κ3) is 7.78. The number of pyridine rings is 1. The van der Waals surface area contributed by atoms with Gasteiger partial charge in [0.25, 0.3) is 11.8 Å². The minimum atomic E-state index is -0.861. The Hall–Kier alpha value is -4.34. The Morgan fingerprint density at radius 3 is 2.59 bits per heavy atom. The van der Waals surface area contributed by atoms with Gasteiger partial charge < -0.3 is 25.1 Å². The molecule has 2 amide bonds. The molecule has 1 aliphatic rings. The lowest BCUT2D eigenvalue weighted by Crippen LogP contribution is -2.48. The summed E-state index contributed by atoms with van der Waals surface area (Å²) in [6.45, 7) is 7.53. The van der Waals surface area contributed by atoms with Crippen molar-refractivity contribution >= 4 is 11.8 Å². The molecule has 44 heavy (non-hydrogen) atoms.